The summed E-state index contributed by atoms with van der Waals surface area (Å²) < 4.78 is 32.5. The van der Waals surface area contributed by atoms with Crippen LogP contribution in [0.25, 0.3) is 0 Å². The van der Waals surface area contributed by atoms with Crippen molar-refractivity contribution in [3.05, 3.63) is 59.7 Å². The Balaban J connectivity index is 1.62. The van der Waals surface area contributed by atoms with Gasteiger partial charge in [0.25, 0.3) is 0 Å². The lowest BCUT2D eigenvalue weighted by Gasteiger charge is -2.26. The number of rotatable bonds is 7. The molecule has 1 aliphatic heterocycles. The molecule has 0 radical (unpaired) electrons. The third-order valence-corrected chi connectivity index (χ3v) is 7.00. The Bertz CT molecular complexity index is 1020. The third kappa shape index (κ3) is 5.83. The average Bonchev–Trinajstić information content (AvgIpc) is 2.79. The molecule has 1 heterocycles. The van der Waals surface area contributed by atoms with Gasteiger partial charge in [0.15, 0.2) is 0 Å². The number of sulfonamides is 1. The maximum atomic E-state index is 13.0. The van der Waals surface area contributed by atoms with E-state index in [2.05, 4.69) is 10.6 Å². The molecule has 0 unspecified atom stereocenters. The van der Waals surface area contributed by atoms with Crippen LogP contribution in [0.4, 0.5) is 10.5 Å². The van der Waals surface area contributed by atoms with Crippen molar-refractivity contribution >= 4 is 27.7 Å². The SMILES string of the molecule is CCOC(=O)c1ccc(NC(=O)NCc2ccccc2S(=O)(=O)N2CCCCC2)cc1. The molecule has 8 nitrogen and oxygen atoms in total. The van der Waals surface area contributed by atoms with Gasteiger partial charge in [0.1, 0.15) is 0 Å². The van der Waals surface area contributed by atoms with Crippen molar-refractivity contribution in [2.75, 3.05) is 25.0 Å². The number of hydrogen-bond acceptors (Lipinski definition) is 5. The average molecular weight is 446 g/mol. The molecule has 0 aliphatic carbocycles. The maximum Gasteiger partial charge on any atom is 0.338 e. The number of piperidine rings is 1. The predicted octanol–water partition coefficient (Wildman–Crippen LogP) is 3.36. The highest BCUT2D eigenvalue weighted by Crippen LogP contribution is 2.23. The van der Waals surface area contributed by atoms with Gasteiger partial charge >= 0.3 is 12.0 Å². The highest BCUT2D eigenvalue weighted by atomic mass is 32.2. The molecule has 2 N–H and O–H groups in total. The number of carbonyl (C=O) groups excluding carboxylic acids is 2. The molecule has 31 heavy (non-hydrogen) atoms. The van der Waals surface area contributed by atoms with Gasteiger partial charge in [-0.05, 0) is 55.7 Å². The van der Waals surface area contributed by atoms with Crippen LogP contribution in [0.1, 0.15) is 42.1 Å². The van der Waals surface area contributed by atoms with Gasteiger partial charge in [0.2, 0.25) is 10.0 Å². The van der Waals surface area contributed by atoms with E-state index in [1.165, 1.54) is 4.31 Å². The highest BCUT2D eigenvalue weighted by molar-refractivity contribution is 7.89. The van der Waals surface area contributed by atoms with Crippen LogP contribution in [0.2, 0.25) is 0 Å². The molecule has 166 valence electrons. The van der Waals surface area contributed by atoms with E-state index >= 15 is 0 Å². The fourth-order valence-corrected chi connectivity index (χ4v) is 5.14. The summed E-state index contributed by atoms with van der Waals surface area (Å²) in [7, 11) is -3.60. The van der Waals surface area contributed by atoms with E-state index < -0.39 is 22.0 Å². The van der Waals surface area contributed by atoms with Crippen LogP contribution in [0.5, 0.6) is 0 Å². The largest absolute Gasteiger partial charge is 0.462 e. The number of benzene rings is 2. The summed E-state index contributed by atoms with van der Waals surface area (Å²) in [5, 5.41) is 5.37. The number of anilines is 1. The molecule has 0 bridgehead atoms. The number of nitrogens with one attached hydrogen (secondary N) is 2. The van der Waals surface area contributed by atoms with Crippen molar-refractivity contribution in [2.45, 2.75) is 37.6 Å². The molecule has 0 saturated carbocycles. The first-order valence-corrected chi connectivity index (χ1v) is 11.8. The lowest BCUT2D eigenvalue weighted by atomic mass is 10.2. The van der Waals surface area contributed by atoms with Crippen LogP contribution in [-0.2, 0) is 21.3 Å². The fraction of sp³-hybridized carbons (Fsp3) is 0.364. The molecule has 2 amide bonds. The minimum Gasteiger partial charge on any atom is -0.462 e. The summed E-state index contributed by atoms with van der Waals surface area (Å²) in [6, 6.07) is 12.6. The molecule has 2 aromatic carbocycles. The number of ether oxygens (including phenoxy) is 1. The highest BCUT2D eigenvalue weighted by Gasteiger charge is 2.27. The standard InChI is InChI=1S/C22H27N3O5S/c1-2-30-21(26)17-10-12-19(13-11-17)24-22(27)23-16-18-8-4-5-9-20(18)31(28,29)25-14-6-3-7-15-25/h4-5,8-13H,2-3,6-7,14-16H2,1H3,(H2,23,24,27). The zero-order chi connectivity index (χ0) is 22.3. The van der Waals surface area contributed by atoms with Crippen molar-refractivity contribution in [1.29, 1.82) is 0 Å². The fourth-order valence-electron chi connectivity index (χ4n) is 3.40. The normalized spacial score (nSPS) is 14.6. The van der Waals surface area contributed by atoms with Crippen LogP contribution < -0.4 is 10.6 Å². The number of amides is 2. The lowest BCUT2D eigenvalue weighted by molar-refractivity contribution is 0.0526. The van der Waals surface area contributed by atoms with Gasteiger partial charge in [-0.2, -0.15) is 4.31 Å². The second-order valence-corrected chi connectivity index (χ2v) is 9.08. The third-order valence-electron chi connectivity index (χ3n) is 5.00. The van der Waals surface area contributed by atoms with Gasteiger partial charge in [-0.3, -0.25) is 0 Å². The molecule has 1 aliphatic rings. The van der Waals surface area contributed by atoms with E-state index in [9.17, 15) is 18.0 Å². The van der Waals surface area contributed by atoms with Crippen molar-refractivity contribution < 1.29 is 22.7 Å². The summed E-state index contributed by atoms with van der Waals surface area (Å²) in [6.45, 7) is 3.12. The maximum absolute atomic E-state index is 13.0. The first-order chi connectivity index (χ1) is 14.9. The van der Waals surface area contributed by atoms with E-state index in [0.717, 1.165) is 19.3 Å². The summed E-state index contributed by atoms with van der Waals surface area (Å²) in [6.07, 6.45) is 2.75. The zero-order valence-corrected chi connectivity index (χ0v) is 18.3. The number of hydrogen-bond donors (Lipinski definition) is 2. The molecule has 2 aromatic rings. The van der Waals surface area contributed by atoms with Crippen LogP contribution in [-0.4, -0.2) is 44.4 Å². The minimum atomic E-state index is -3.60. The van der Waals surface area contributed by atoms with Crippen LogP contribution >= 0.6 is 0 Å². The molecule has 1 saturated heterocycles. The molecular weight excluding hydrogens is 418 g/mol. The van der Waals surface area contributed by atoms with E-state index in [1.807, 2.05) is 0 Å². The molecular formula is C22H27N3O5S. The number of carbonyl (C=O) groups is 2. The van der Waals surface area contributed by atoms with E-state index in [-0.39, 0.29) is 18.0 Å². The van der Waals surface area contributed by atoms with E-state index in [4.69, 9.17) is 4.74 Å². The Hall–Kier alpha value is -2.91. The summed E-state index contributed by atoms with van der Waals surface area (Å²) in [5.41, 5.74) is 1.42. The number of esters is 1. The number of urea groups is 1. The molecule has 3 rings (SSSR count). The predicted molar refractivity (Wildman–Crippen MR) is 117 cm³/mol. The Kier molecular flexibility index (Phi) is 7.64. The molecule has 1 fully saturated rings. The molecule has 9 heteroatoms. The Morgan fingerprint density at radius 3 is 2.35 bits per heavy atom. The van der Waals surface area contributed by atoms with Crippen molar-refractivity contribution in [3.63, 3.8) is 0 Å². The summed E-state index contributed by atoms with van der Waals surface area (Å²) in [5.74, 6) is -0.426. The Morgan fingerprint density at radius 2 is 1.68 bits per heavy atom. The first kappa shape index (κ1) is 22.8. The zero-order valence-electron chi connectivity index (χ0n) is 17.5. The van der Waals surface area contributed by atoms with Gasteiger partial charge in [0.05, 0.1) is 17.1 Å². The molecule has 0 atom stereocenters. The van der Waals surface area contributed by atoms with Gasteiger partial charge in [-0.15, -0.1) is 0 Å². The van der Waals surface area contributed by atoms with E-state index in [1.54, 1.807) is 55.5 Å². The van der Waals surface area contributed by atoms with Crippen molar-refractivity contribution in [3.8, 4) is 0 Å². The van der Waals surface area contributed by atoms with Gasteiger partial charge in [-0.1, -0.05) is 24.6 Å². The quantitative estimate of drug-likeness (QED) is 0.636. The molecule has 0 aromatic heterocycles. The van der Waals surface area contributed by atoms with Gasteiger partial charge < -0.3 is 15.4 Å². The lowest BCUT2D eigenvalue weighted by Crippen LogP contribution is -2.36. The molecule has 0 spiro atoms. The smallest absolute Gasteiger partial charge is 0.338 e. The number of nitrogens with zero attached hydrogens (tertiary/aromatic N) is 1. The second-order valence-electron chi connectivity index (χ2n) is 7.18. The van der Waals surface area contributed by atoms with Crippen LogP contribution in [0.15, 0.2) is 53.4 Å². The summed E-state index contributed by atoms with van der Waals surface area (Å²) >= 11 is 0. The monoisotopic (exact) mass is 445 g/mol. The summed E-state index contributed by atoms with van der Waals surface area (Å²) in [4.78, 5) is 24.2. The second kappa shape index (κ2) is 10.4. The van der Waals surface area contributed by atoms with Crippen molar-refractivity contribution in [1.82, 2.24) is 9.62 Å². The van der Waals surface area contributed by atoms with E-state index in [0.29, 0.717) is 29.9 Å². The van der Waals surface area contributed by atoms with Crippen LogP contribution in [0.3, 0.4) is 0 Å². The van der Waals surface area contributed by atoms with Crippen LogP contribution in [0, 0.1) is 0 Å². The first-order valence-electron chi connectivity index (χ1n) is 10.3. The van der Waals surface area contributed by atoms with Crippen molar-refractivity contribution in [2.24, 2.45) is 0 Å². The minimum absolute atomic E-state index is 0.0655. The Labute approximate surface area is 182 Å². The topological polar surface area (TPSA) is 105 Å². The van der Waals surface area contributed by atoms with Gasteiger partial charge in [-0.25, -0.2) is 18.0 Å². The Morgan fingerprint density at radius 1 is 1.00 bits per heavy atom. The van der Waals surface area contributed by atoms with Gasteiger partial charge in [0, 0.05) is 25.3 Å².